The summed E-state index contributed by atoms with van der Waals surface area (Å²) in [6.07, 6.45) is -0.267. The normalized spacial score (nSPS) is 12.5. The van der Waals surface area contributed by atoms with E-state index in [1.807, 2.05) is 10.9 Å². The van der Waals surface area contributed by atoms with Crippen molar-refractivity contribution in [3.63, 3.8) is 0 Å². The number of sulfonamides is 1. The molecule has 1 aromatic carbocycles. The number of carbonyl (C=O) groups is 2. The van der Waals surface area contributed by atoms with E-state index in [0.717, 1.165) is 0 Å². The van der Waals surface area contributed by atoms with E-state index < -0.39 is 27.9 Å². The van der Waals surface area contributed by atoms with E-state index >= 15 is 0 Å². The van der Waals surface area contributed by atoms with Crippen LogP contribution >= 0.6 is 11.6 Å². The summed E-state index contributed by atoms with van der Waals surface area (Å²) in [5.41, 5.74) is 3.72. The molecule has 1 rings (SSSR count). The number of nitrogens with two attached hydrogens (primary N) is 2. The molecule has 11 heteroatoms. The number of carbonyl (C=O) groups excluding carboxylic acids is 2. The van der Waals surface area contributed by atoms with E-state index in [2.05, 4.69) is 4.72 Å². The van der Waals surface area contributed by atoms with Crippen LogP contribution in [0.1, 0.15) is 12.8 Å². The molecule has 0 saturated carbocycles. The van der Waals surface area contributed by atoms with E-state index in [9.17, 15) is 18.0 Å². The molecule has 9 nitrogen and oxygen atoms in total. The number of hydrogen-bond acceptors (Lipinski definition) is 6. The van der Waals surface area contributed by atoms with Gasteiger partial charge in [0.1, 0.15) is 6.04 Å². The molecule has 1 atom stereocenters. The summed E-state index contributed by atoms with van der Waals surface area (Å²) in [7, 11) is -3.97. The maximum Gasteiger partial charge on any atom is 0.252 e. The van der Waals surface area contributed by atoms with Crippen molar-refractivity contribution in [1.82, 2.24) is 15.6 Å². The van der Waals surface area contributed by atoms with Crippen LogP contribution < -0.4 is 27.3 Å². The van der Waals surface area contributed by atoms with Crippen LogP contribution in [0.15, 0.2) is 29.2 Å². The highest BCUT2D eigenvalue weighted by Gasteiger charge is 2.25. The summed E-state index contributed by atoms with van der Waals surface area (Å²) in [5.74, 6) is 8.62. The lowest BCUT2D eigenvalue weighted by molar-refractivity contribution is -0.123. The molecule has 22 heavy (non-hydrogen) atoms. The number of nitrogens with one attached hydrogen (secondary N) is 3. The minimum atomic E-state index is -3.97. The van der Waals surface area contributed by atoms with Gasteiger partial charge in [-0.1, -0.05) is 11.6 Å². The number of amides is 2. The van der Waals surface area contributed by atoms with Gasteiger partial charge >= 0.3 is 0 Å². The van der Waals surface area contributed by atoms with Gasteiger partial charge in [-0.3, -0.25) is 20.4 Å². The molecule has 0 aliphatic heterocycles. The Morgan fingerprint density at radius 1 is 1.14 bits per heavy atom. The van der Waals surface area contributed by atoms with E-state index in [-0.39, 0.29) is 17.7 Å². The van der Waals surface area contributed by atoms with Crippen LogP contribution in [0, 0.1) is 0 Å². The zero-order valence-corrected chi connectivity index (χ0v) is 12.9. The first-order chi connectivity index (χ1) is 10.3. The summed E-state index contributed by atoms with van der Waals surface area (Å²) < 4.78 is 26.6. The highest BCUT2D eigenvalue weighted by atomic mass is 35.5. The Labute approximate surface area is 132 Å². The molecule has 0 aliphatic rings. The lowest BCUT2D eigenvalue weighted by atomic mass is 10.1. The molecule has 0 radical (unpaired) electrons. The third kappa shape index (κ3) is 5.24. The maximum absolute atomic E-state index is 12.2. The van der Waals surface area contributed by atoms with Crippen molar-refractivity contribution in [2.24, 2.45) is 11.7 Å². The van der Waals surface area contributed by atoms with E-state index in [0.29, 0.717) is 5.02 Å². The summed E-state index contributed by atoms with van der Waals surface area (Å²) in [5, 5.41) is 0.370. The molecule has 1 unspecified atom stereocenters. The van der Waals surface area contributed by atoms with Crippen LogP contribution in [-0.2, 0) is 19.6 Å². The Hall–Kier alpha value is -1.72. The molecule has 7 N–H and O–H groups in total. The zero-order valence-electron chi connectivity index (χ0n) is 11.4. The molecule has 0 aromatic heterocycles. The van der Waals surface area contributed by atoms with Gasteiger partial charge in [0, 0.05) is 11.4 Å². The van der Waals surface area contributed by atoms with Crippen LogP contribution in [0.2, 0.25) is 5.02 Å². The van der Waals surface area contributed by atoms with Gasteiger partial charge in [-0.25, -0.2) is 20.1 Å². The van der Waals surface area contributed by atoms with Gasteiger partial charge in [-0.05, 0) is 30.7 Å². The van der Waals surface area contributed by atoms with Gasteiger partial charge in [0.2, 0.25) is 15.9 Å². The maximum atomic E-state index is 12.2. The predicted molar refractivity (Wildman–Crippen MR) is 79.5 cm³/mol. The van der Waals surface area contributed by atoms with E-state index in [1.54, 1.807) is 0 Å². The van der Waals surface area contributed by atoms with Gasteiger partial charge in [0.05, 0.1) is 4.90 Å². The highest BCUT2D eigenvalue weighted by molar-refractivity contribution is 7.89. The number of benzene rings is 1. The van der Waals surface area contributed by atoms with Crippen LogP contribution in [0.4, 0.5) is 0 Å². The summed E-state index contributed by atoms with van der Waals surface area (Å²) in [4.78, 5) is 22.7. The number of hydrazine groups is 2. The average molecular weight is 350 g/mol. The Balaban J connectivity index is 2.89. The molecular formula is C11H16ClN5O4S. The Morgan fingerprint density at radius 3 is 2.23 bits per heavy atom. The first-order valence-electron chi connectivity index (χ1n) is 6.08. The fourth-order valence-corrected chi connectivity index (χ4v) is 2.92. The molecule has 0 fully saturated rings. The largest absolute Gasteiger partial charge is 0.294 e. The Kier molecular flexibility index (Phi) is 6.71. The monoisotopic (exact) mass is 349 g/mol. The lowest BCUT2D eigenvalue weighted by Gasteiger charge is -2.17. The van der Waals surface area contributed by atoms with Gasteiger partial charge < -0.3 is 0 Å². The standard InChI is InChI=1S/C11H16ClN5O4S/c12-7-1-3-8(4-2-7)22(20,21)17-9(11(19)16-14)5-6-10(18)15-13/h1-4,9,17H,5-6,13-14H2,(H,15,18)(H,16,19). The Morgan fingerprint density at radius 2 is 1.73 bits per heavy atom. The smallest absolute Gasteiger partial charge is 0.252 e. The van der Waals surface area contributed by atoms with Gasteiger partial charge in [0.25, 0.3) is 5.91 Å². The predicted octanol–water partition coefficient (Wildman–Crippen LogP) is -1.25. The summed E-state index contributed by atoms with van der Waals surface area (Å²) >= 11 is 5.69. The second-order valence-corrected chi connectivity index (χ2v) is 6.39. The second-order valence-electron chi connectivity index (χ2n) is 4.24. The van der Waals surface area contributed by atoms with Crippen LogP contribution in [0.25, 0.3) is 0 Å². The highest BCUT2D eigenvalue weighted by Crippen LogP contribution is 2.15. The van der Waals surface area contributed by atoms with Crippen molar-refractivity contribution >= 4 is 33.4 Å². The molecule has 0 bridgehead atoms. The summed E-state index contributed by atoms with van der Waals surface area (Å²) in [6, 6.07) is 4.15. The quantitative estimate of drug-likeness (QED) is 0.235. The fraction of sp³-hybridized carbons (Fsp3) is 0.273. The van der Waals surface area contributed by atoms with E-state index in [4.69, 9.17) is 23.3 Å². The lowest BCUT2D eigenvalue weighted by Crippen LogP contribution is -2.49. The number of halogens is 1. The van der Waals surface area contributed by atoms with Crippen molar-refractivity contribution in [3.8, 4) is 0 Å². The van der Waals surface area contributed by atoms with Crippen molar-refractivity contribution < 1.29 is 18.0 Å². The van der Waals surface area contributed by atoms with Crippen molar-refractivity contribution in [2.45, 2.75) is 23.8 Å². The van der Waals surface area contributed by atoms with Gasteiger partial charge in [-0.2, -0.15) is 4.72 Å². The molecule has 0 spiro atoms. The second kappa shape index (κ2) is 8.06. The SMILES string of the molecule is NNC(=O)CCC(NS(=O)(=O)c1ccc(Cl)cc1)C(=O)NN. The van der Waals surface area contributed by atoms with Crippen LogP contribution in [0.5, 0.6) is 0 Å². The zero-order chi connectivity index (χ0) is 16.8. The van der Waals surface area contributed by atoms with E-state index in [1.165, 1.54) is 24.3 Å². The molecule has 2 amide bonds. The molecule has 0 aliphatic carbocycles. The minimum absolute atomic E-state index is 0.0741. The first-order valence-corrected chi connectivity index (χ1v) is 7.94. The topological polar surface area (TPSA) is 156 Å². The van der Waals surface area contributed by atoms with Crippen molar-refractivity contribution in [3.05, 3.63) is 29.3 Å². The van der Waals surface area contributed by atoms with Gasteiger partial charge in [-0.15, -0.1) is 0 Å². The third-order valence-corrected chi connectivity index (χ3v) is 4.44. The number of hydrogen-bond donors (Lipinski definition) is 5. The molecule has 122 valence electrons. The molecule has 0 heterocycles. The van der Waals surface area contributed by atoms with Gasteiger partial charge in [0.15, 0.2) is 0 Å². The molecule has 0 saturated heterocycles. The third-order valence-electron chi connectivity index (χ3n) is 2.70. The fourth-order valence-electron chi connectivity index (χ4n) is 1.56. The average Bonchev–Trinajstić information content (AvgIpc) is 2.50. The van der Waals surface area contributed by atoms with Crippen molar-refractivity contribution in [1.29, 1.82) is 0 Å². The van der Waals surface area contributed by atoms with Crippen LogP contribution in [0.3, 0.4) is 0 Å². The number of rotatable bonds is 7. The van der Waals surface area contributed by atoms with Crippen molar-refractivity contribution in [2.75, 3.05) is 0 Å². The first kappa shape index (κ1) is 18.3. The molecular weight excluding hydrogens is 334 g/mol. The minimum Gasteiger partial charge on any atom is -0.294 e. The molecule has 1 aromatic rings. The summed E-state index contributed by atoms with van der Waals surface area (Å²) in [6.45, 7) is 0. The Bertz CT molecular complexity index is 634. The van der Waals surface area contributed by atoms with Crippen LogP contribution in [-0.4, -0.2) is 26.3 Å².